The third-order valence-corrected chi connectivity index (χ3v) is 5.56. The molecular formula is C16H17ClFN3O2. The number of nitrogens with zero attached hydrogens (tertiary/aromatic N) is 2. The van der Waals surface area contributed by atoms with Crippen molar-refractivity contribution in [2.75, 3.05) is 5.32 Å². The molecule has 3 aliphatic carbocycles. The first-order valence-electron chi connectivity index (χ1n) is 7.67. The summed E-state index contributed by atoms with van der Waals surface area (Å²) in [6.07, 6.45) is 2.72. The van der Waals surface area contributed by atoms with Crippen molar-refractivity contribution < 1.29 is 14.3 Å². The van der Waals surface area contributed by atoms with E-state index in [1.807, 2.05) is 0 Å². The predicted molar refractivity (Wildman–Crippen MR) is 82.5 cm³/mol. The molecule has 0 spiro atoms. The fourth-order valence-electron chi connectivity index (χ4n) is 4.24. The maximum Gasteiger partial charge on any atom is 0.308 e. The smallest absolute Gasteiger partial charge is 0.308 e. The molecule has 3 fully saturated rings. The number of hydrogen-bond acceptors (Lipinski definition) is 4. The summed E-state index contributed by atoms with van der Waals surface area (Å²) in [5, 5.41) is 21.3. The van der Waals surface area contributed by atoms with E-state index in [0.29, 0.717) is 5.92 Å². The number of hydrogen-bond donors (Lipinski definition) is 2. The Hall–Kier alpha value is -1.87. The SMILES string of the molecule is CC1CC2CCC1C(Nc1nc(Cl)c(C#N)cc1F)C2C(=O)O. The Balaban J connectivity index is 1.93. The Labute approximate surface area is 138 Å². The largest absolute Gasteiger partial charge is 0.481 e. The number of aromatic nitrogens is 1. The molecule has 0 aliphatic heterocycles. The van der Waals surface area contributed by atoms with Crippen LogP contribution in [0.15, 0.2) is 6.07 Å². The molecule has 0 radical (unpaired) electrons. The van der Waals surface area contributed by atoms with Crippen LogP contribution in [0.3, 0.4) is 0 Å². The zero-order valence-electron chi connectivity index (χ0n) is 12.6. The highest BCUT2D eigenvalue weighted by Crippen LogP contribution is 2.49. The zero-order valence-corrected chi connectivity index (χ0v) is 13.3. The number of rotatable bonds is 3. The number of aliphatic carboxylic acids is 1. The van der Waals surface area contributed by atoms with Crippen molar-refractivity contribution in [2.45, 2.75) is 32.2 Å². The number of halogens is 2. The molecule has 3 aliphatic rings. The summed E-state index contributed by atoms with van der Waals surface area (Å²) in [6.45, 7) is 2.11. The van der Waals surface area contributed by atoms with Crippen molar-refractivity contribution in [1.29, 1.82) is 5.26 Å². The highest BCUT2D eigenvalue weighted by Gasteiger charge is 2.50. The summed E-state index contributed by atoms with van der Waals surface area (Å²) in [4.78, 5) is 15.6. The Kier molecular flexibility index (Phi) is 4.15. The van der Waals surface area contributed by atoms with Gasteiger partial charge < -0.3 is 10.4 Å². The van der Waals surface area contributed by atoms with Crippen LogP contribution < -0.4 is 5.32 Å². The summed E-state index contributed by atoms with van der Waals surface area (Å²) in [7, 11) is 0. The molecule has 4 rings (SSSR count). The highest BCUT2D eigenvalue weighted by atomic mass is 35.5. The van der Waals surface area contributed by atoms with Gasteiger partial charge in [-0.25, -0.2) is 9.37 Å². The quantitative estimate of drug-likeness (QED) is 0.826. The summed E-state index contributed by atoms with van der Waals surface area (Å²) in [5.41, 5.74) is -0.0389. The lowest BCUT2D eigenvalue weighted by Gasteiger charge is -2.50. The highest BCUT2D eigenvalue weighted by molar-refractivity contribution is 6.30. The summed E-state index contributed by atoms with van der Waals surface area (Å²) < 4.78 is 14.2. The van der Waals surface area contributed by atoms with Gasteiger partial charge in [-0.05, 0) is 43.1 Å². The molecule has 2 bridgehead atoms. The van der Waals surface area contributed by atoms with E-state index in [9.17, 15) is 14.3 Å². The van der Waals surface area contributed by atoms with Gasteiger partial charge in [-0.3, -0.25) is 4.79 Å². The van der Waals surface area contributed by atoms with Crippen LogP contribution >= 0.6 is 11.6 Å². The van der Waals surface area contributed by atoms with Crippen LogP contribution in [0, 0.1) is 40.8 Å². The van der Waals surface area contributed by atoms with Crippen LogP contribution in [0.5, 0.6) is 0 Å². The van der Waals surface area contributed by atoms with Crippen LogP contribution in [0.1, 0.15) is 31.7 Å². The van der Waals surface area contributed by atoms with Gasteiger partial charge >= 0.3 is 5.97 Å². The number of carboxylic acids is 1. The molecule has 7 heteroatoms. The minimum atomic E-state index is -0.857. The second-order valence-corrected chi connectivity index (χ2v) is 6.88. The Morgan fingerprint density at radius 1 is 1.57 bits per heavy atom. The van der Waals surface area contributed by atoms with Gasteiger partial charge in [0.15, 0.2) is 11.6 Å². The van der Waals surface area contributed by atoms with Crippen LogP contribution in [-0.4, -0.2) is 22.1 Å². The maximum atomic E-state index is 14.2. The van der Waals surface area contributed by atoms with Crippen molar-refractivity contribution >= 4 is 23.4 Å². The first-order chi connectivity index (χ1) is 10.9. The molecule has 1 heterocycles. The number of nitriles is 1. The van der Waals surface area contributed by atoms with Gasteiger partial charge in [-0.15, -0.1) is 0 Å². The molecular weight excluding hydrogens is 321 g/mol. The number of carbonyl (C=O) groups is 1. The van der Waals surface area contributed by atoms with E-state index in [-0.39, 0.29) is 34.4 Å². The fraction of sp³-hybridized carbons (Fsp3) is 0.562. The lowest BCUT2D eigenvalue weighted by atomic mass is 9.57. The van der Waals surface area contributed by atoms with E-state index in [1.165, 1.54) is 0 Å². The molecule has 2 N–H and O–H groups in total. The Bertz CT molecular complexity index is 691. The minimum absolute atomic E-state index is 0.0389. The first-order valence-corrected chi connectivity index (χ1v) is 8.05. The molecule has 122 valence electrons. The van der Waals surface area contributed by atoms with Gasteiger partial charge in [0.1, 0.15) is 11.2 Å². The van der Waals surface area contributed by atoms with Crippen LogP contribution in [0.25, 0.3) is 0 Å². The van der Waals surface area contributed by atoms with Crippen molar-refractivity contribution in [2.24, 2.45) is 23.7 Å². The number of fused-ring (bicyclic) bond motifs is 3. The molecule has 5 unspecified atom stereocenters. The van der Waals surface area contributed by atoms with E-state index in [4.69, 9.17) is 16.9 Å². The van der Waals surface area contributed by atoms with Gasteiger partial charge in [-0.2, -0.15) is 5.26 Å². The summed E-state index contributed by atoms with van der Waals surface area (Å²) >= 11 is 5.87. The van der Waals surface area contributed by atoms with Gasteiger partial charge in [0.25, 0.3) is 0 Å². The molecule has 1 aromatic rings. The molecule has 23 heavy (non-hydrogen) atoms. The van der Waals surface area contributed by atoms with Gasteiger partial charge in [0.05, 0.1) is 11.5 Å². The fourth-order valence-corrected chi connectivity index (χ4v) is 4.42. The molecule has 0 aromatic carbocycles. The topological polar surface area (TPSA) is 86.0 Å². The third-order valence-electron chi connectivity index (χ3n) is 5.27. The molecule has 5 nitrogen and oxygen atoms in total. The Morgan fingerprint density at radius 3 is 2.91 bits per heavy atom. The summed E-state index contributed by atoms with van der Waals surface area (Å²) in [6, 6.07) is 2.42. The van der Waals surface area contributed by atoms with E-state index >= 15 is 0 Å². The van der Waals surface area contributed by atoms with Crippen LogP contribution in [-0.2, 0) is 4.79 Å². The lowest BCUT2D eigenvalue weighted by Crippen LogP contribution is -2.54. The van der Waals surface area contributed by atoms with Crippen LogP contribution in [0.2, 0.25) is 5.15 Å². The number of nitrogens with one attached hydrogen (secondary N) is 1. The lowest BCUT2D eigenvalue weighted by molar-refractivity contribution is -0.149. The third kappa shape index (κ3) is 2.74. The van der Waals surface area contributed by atoms with E-state index in [0.717, 1.165) is 25.3 Å². The van der Waals surface area contributed by atoms with Gasteiger partial charge in [0, 0.05) is 6.04 Å². The summed E-state index contributed by atoms with van der Waals surface area (Å²) in [5.74, 6) is -1.53. The average Bonchev–Trinajstić information content (AvgIpc) is 2.50. The second kappa shape index (κ2) is 5.97. The van der Waals surface area contributed by atoms with E-state index < -0.39 is 17.7 Å². The first kappa shape index (κ1) is 16.0. The molecule has 1 aromatic heterocycles. The second-order valence-electron chi connectivity index (χ2n) is 6.52. The van der Waals surface area contributed by atoms with E-state index in [1.54, 1.807) is 6.07 Å². The van der Waals surface area contributed by atoms with Crippen molar-refractivity contribution in [3.63, 3.8) is 0 Å². The molecule has 5 atom stereocenters. The zero-order chi connectivity index (χ0) is 16.7. The number of anilines is 1. The monoisotopic (exact) mass is 337 g/mol. The Morgan fingerprint density at radius 2 is 2.30 bits per heavy atom. The van der Waals surface area contributed by atoms with Crippen molar-refractivity contribution in [3.8, 4) is 6.07 Å². The predicted octanol–water partition coefficient (Wildman–Crippen LogP) is 3.29. The average molecular weight is 338 g/mol. The molecule has 0 amide bonds. The number of pyridine rings is 1. The number of carboxylic acid groups (broad SMARTS) is 1. The standard InChI is InChI=1S/C16H17ClFN3O2/c1-7-4-8-2-3-10(7)13(12(8)16(22)23)20-15-11(18)5-9(6-19)14(17)21-15/h5,7-8,10,12-13H,2-4H2,1H3,(H,20,21)(H,22,23). The molecule has 0 saturated heterocycles. The van der Waals surface area contributed by atoms with Crippen LogP contribution in [0.4, 0.5) is 10.2 Å². The van der Waals surface area contributed by atoms with Crippen molar-refractivity contribution in [1.82, 2.24) is 4.98 Å². The van der Waals surface area contributed by atoms with Gasteiger partial charge in [-0.1, -0.05) is 18.5 Å². The maximum absolute atomic E-state index is 14.2. The minimum Gasteiger partial charge on any atom is -0.481 e. The normalized spacial score (nSPS) is 32.3. The van der Waals surface area contributed by atoms with Gasteiger partial charge in [0.2, 0.25) is 0 Å². The molecule has 3 saturated carbocycles. The van der Waals surface area contributed by atoms with E-state index in [2.05, 4.69) is 17.2 Å². The van der Waals surface area contributed by atoms with Crippen molar-refractivity contribution in [3.05, 3.63) is 22.6 Å².